The molecule has 0 saturated heterocycles. The van der Waals surface area contributed by atoms with Crippen LogP contribution >= 0.6 is 11.6 Å². The van der Waals surface area contributed by atoms with Crippen LogP contribution in [0.15, 0.2) is 54.6 Å². The largest absolute Gasteiger partial charge is 0.429 e. The number of unbranched alkanes of at least 4 members (excludes halogenated alkanes) is 2. The van der Waals surface area contributed by atoms with E-state index >= 15 is 0 Å². The molecule has 11 heteroatoms. The molecule has 40 heavy (non-hydrogen) atoms. The van der Waals surface area contributed by atoms with Gasteiger partial charge in [-0.15, -0.1) is 0 Å². The van der Waals surface area contributed by atoms with Crippen molar-refractivity contribution in [3.8, 4) is 11.5 Å². The third kappa shape index (κ3) is 6.01. The summed E-state index contributed by atoms with van der Waals surface area (Å²) < 4.78 is 109. The Kier molecular flexibility index (Phi) is 8.58. The summed E-state index contributed by atoms with van der Waals surface area (Å²) in [5, 5.41) is -1.31. The molecule has 0 atom stereocenters. The van der Waals surface area contributed by atoms with Gasteiger partial charge in [-0.1, -0.05) is 37.4 Å². The SMILES string of the molecule is CCCCCc1ccc(C(=O)Oc2ccc(C(F)(F)Oc3cc(Cl)c4c(F)c(F)c(F)cc4c3)cc2)c(F)c1F. The van der Waals surface area contributed by atoms with Gasteiger partial charge < -0.3 is 9.47 Å². The molecular formula is C29H20ClF7O3. The standard InChI is InChI=1S/C29H20ClF7O3/c1-2-3-4-5-15-6-11-20(25(33)24(15)32)28(38)39-18-9-7-17(8-10-18)29(36,37)40-19-12-16-13-22(31)26(34)27(35)23(16)21(30)14-19/h6-14H,2-5H2,1H3. The number of hydrogen-bond acceptors (Lipinski definition) is 3. The van der Waals surface area contributed by atoms with Crippen LogP contribution in [-0.4, -0.2) is 5.97 Å². The van der Waals surface area contributed by atoms with Crippen LogP contribution in [0.4, 0.5) is 30.7 Å². The Bertz CT molecular complexity index is 1570. The zero-order valence-electron chi connectivity index (χ0n) is 20.8. The molecule has 0 N–H and O–H groups in total. The van der Waals surface area contributed by atoms with E-state index in [-0.39, 0.29) is 16.7 Å². The Labute approximate surface area is 229 Å². The van der Waals surface area contributed by atoms with Crippen LogP contribution < -0.4 is 9.47 Å². The van der Waals surface area contributed by atoms with Crippen molar-refractivity contribution in [1.82, 2.24) is 0 Å². The number of carbonyl (C=O) groups is 1. The van der Waals surface area contributed by atoms with Crippen LogP contribution in [0, 0.1) is 29.1 Å². The molecule has 4 aromatic carbocycles. The van der Waals surface area contributed by atoms with E-state index in [4.69, 9.17) is 21.1 Å². The molecule has 0 unspecified atom stereocenters. The third-order valence-corrected chi connectivity index (χ3v) is 6.38. The molecule has 0 bridgehead atoms. The van der Waals surface area contributed by atoms with Crippen molar-refractivity contribution < 1.29 is 45.0 Å². The minimum Gasteiger partial charge on any atom is -0.429 e. The predicted octanol–water partition coefficient (Wildman–Crippen LogP) is 9.27. The lowest BCUT2D eigenvalue weighted by Gasteiger charge is -2.19. The summed E-state index contributed by atoms with van der Waals surface area (Å²) in [5.74, 6) is -9.43. The van der Waals surface area contributed by atoms with Gasteiger partial charge in [-0.25, -0.2) is 26.7 Å². The molecular weight excluding hydrogens is 565 g/mol. The van der Waals surface area contributed by atoms with E-state index in [1.54, 1.807) is 0 Å². The smallest absolute Gasteiger partial charge is 0.426 e. The van der Waals surface area contributed by atoms with E-state index in [0.717, 1.165) is 55.3 Å². The maximum Gasteiger partial charge on any atom is 0.426 e. The molecule has 0 saturated carbocycles. The van der Waals surface area contributed by atoms with Crippen LogP contribution in [0.5, 0.6) is 11.5 Å². The van der Waals surface area contributed by atoms with Crippen molar-refractivity contribution in [1.29, 1.82) is 0 Å². The van der Waals surface area contributed by atoms with Crippen LogP contribution in [-0.2, 0) is 12.5 Å². The maximum absolute atomic E-state index is 14.8. The number of hydrogen-bond donors (Lipinski definition) is 0. The number of ether oxygens (including phenoxy) is 2. The molecule has 0 aliphatic rings. The highest BCUT2D eigenvalue weighted by molar-refractivity contribution is 6.35. The van der Waals surface area contributed by atoms with E-state index in [1.807, 2.05) is 6.92 Å². The molecule has 0 heterocycles. The molecule has 4 aromatic rings. The third-order valence-electron chi connectivity index (χ3n) is 6.08. The quantitative estimate of drug-likeness (QED) is 0.0647. The maximum atomic E-state index is 14.8. The topological polar surface area (TPSA) is 35.5 Å². The lowest BCUT2D eigenvalue weighted by atomic mass is 10.0. The van der Waals surface area contributed by atoms with Crippen LogP contribution in [0.25, 0.3) is 10.8 Å². The fourth-order valence-electron chi connectivity index (χ4n) is 4.01. The first-order valence-corrected chi connectivity index (χ1v) is 12.4. The fraction of sp³-hybridized carbons (Fsp3) is 0.207. The summed E-state index contributed by atoms with van der Waals surface area (Å²) in [6, 6.07) is 8.33. The van der Waals surface area contributed by atoms with Gasteiger partial charge in [-0.05, 0) is 72.3 Å². The fourth-order valence-corrected chi connectivity index (χ4v) is 4.31. The van der Waals surface area contributed by atoms with Gasteiger partial charge >= 0.3 is 12.1 Å². The first kappa shape index (κ1) is 29.2. The molecule has 0 radical (unpaired) electrons. The van der Waals surface area contributed by atoms with E-state index in [2.05, 4.69) is 0 Å². The summed E-state index contributed by atoms with van der Waals surface area (Å²) in [4.78, 5) is 12.4. The number of alkyl halides is 2. The van der Waals surface area contributed by atoms with E-state index in [0.29, 0.717) is 18.9 Å². The number of rotatable bonds is 9. The van der Waals surface area contributed by atoms with Crippen molar-refractivity contribution in [2.75, 3.05) is 0 Å². The Hall–Kier alpha value is -3.79. The van der Waals surface area contributed by atoms with Gasteiger partial charge in [0.25, 0.3) is 0 Å². The monoisotopic (exact) mass is 584 g/mol. The van der Waals surface area contributed by atoms with E-state index in [9.17, 15) is 35.5 Å². The molecule has 3 nitrogen and oxygen atoms in total. The summed E-state index contributed by atoms with van der Waals surface area (Å²) in [5.41, 5.74) is -1.24. The van der Waals surface area contributed by atoms with Crippen molar-refractivity contribution in [2.24, 2.45) is 0 Å². The highest BCUT2D eigenvalue weighted by Crippen LogP contribution is 2.38. The Morgan fingerprint density at radius 2 is 1.52 bits per heavy atom. The van der Waals surface area contributed by atoms with Gasteiger partial charge in [0.2, 0.25) is 0 Å². The molecule has 0 fully saturated rings. The van der Waals surface area contributed by atoms with Crippen molar-refractivity contribution >= 4 is 28.3 Å². The lowest BCUT2D eigenvalue weighted by Crippen LogP contribution is -2.22. The van der Waals surface area contributed by atoms with Crippen molar-refractivity contribution in [2.45, 2.75) is 38.7 Å². The predicted molar refractivity (Wildman–Crippen MR) is 134 cm³/mol. The van der Waals surface area contributed by atoms with Gasteiger partial charge in [-0.3, -0.25) is 0 Å². The van der Waals surface area contributed by atoms with Crippen LogP contribution in [0.1, 0.15) is 47.7 Å². The van der Waals surface area contributed by atoms with E-state index < -0.39 is 68.4 Å². The van der Waals surface area contributed by atoms with Gasteiger partial charge in [-0.2, -0.15) is 8.78 Å². The first-order valence-electron chi connectivity index (χ1n) is 12.1. The number of fused-ring (bicyclic) bond motifs is 1. The zero-order valence-corrected chi connectivity index (χ0v) is 21.5. The Balaban J connectivity index is 1.49. The van der Waals surface area contributed by atoms with Gasteiger partial charge in [0, 0.05) is 5.39 Å². The number of halogens is 8. The number of benzene rings is 4. The normalized spacial score (nSPS) is 11.6. The number of carbonyl (C=O) groups excluding carboxylic acids is 1. The highest BCUT2D eigenvalue weighted by Gasteiger charge is 2.35. The molecule has 0 aliphatic heterocycles. The minimum absolute atomic E-state index is 0.129. The Morgan fingerprint density at radius 1 is 0.825 bits per heavy atom. The van der Waals surface area contributed by atoms with Gasteiger partial charge in [0.05, 0.1) is 16.1 Å². The molecule has 0 spiro atoms. The molecule has 210 valence electrons. The highest BCUT2D eigenvalue weighted by atomic mass is 35.5. The second-order valence-corrected chi connectivity index (χ2v) is 9.29. The van der Waals surface area contributed by atoms with Crippen LogP contribution in [0.2, 0.25) is 5.02 Å². The Morgan fingerprint density at radius 3 is 2.20 bits per heavy atom. The second-order valence-electron chi connectivity index (χ2n) is 8.88. The molecule has 0 amide bonds. The number of aryl methyl sites for hydroxylation is 1. The van der Waals surface area contributed by atoms with Gasteiger partial charge in [0.1, 0.15) is 11.5 Å². The minimum atomic E-state index is -4.00. The molecule has 0 aromatic heterocycles. The number of esters is 1. The zero-order chi connectivity index (χ0) is 29.2. The molecule has 4 rings (SSSR count). The van der Waals surface area contributed by atoms with Crippen LogP contribution in [0.3, 0.4) is 0 Å². The summed E-state index contributed by atoms with van der Waals surface area (Å²) in [7, 11) is 0. The second kappa shape index (κ2) is 11.8. The lowest BCUT2D eigenvalue weighted by molar-refractivity contribution is -0.185. The first-order chi connectivity index (χ1) is 18.9. The van der Waals surface area contributed by atoms with Crippen molar-refractivity contribution in [3.05, 3.63) is 105 Å². The summed E-state index contributed by atoms with van der Waals surface area (Å²) in [6.07, 6.45) is -1.31. The van der Waals surface area contributed by atoms with Gasteiger partial charge in [0.15, 0.2) is 29.1 Å². The summed E-state index contributed by atoms with van der Waals surface area (Å²) in [6.45, 7) is 1.97. The average Bonchev–Trinajstić information content (AvgIpc) is 2.89. The van der Waals surface area contributed by atoms with Crippen molar-refractivity contribution in [3.63, 3.8) is 0 Å². The average molecular weight is 585 g/mol. The summed E-state index contributed by atoms with van der Waals surface area (Å²) >= 11 is 5.89. The van der Waals surface area contributed by atoms with E-state index in [1.165, 1.54) is 6.07 Å². The molecule has 0 aliphatic carbocycles.